The number of carbonyl (C=O) groups is 2. The van der Waals surface area contributed by atoms with Crippen LogP contribution < -0.4 is 29.6 Å². The van der Waals surface area contributed by atoms with Crippen molar-refractivity contribution in [3.8, 4) is 28.7 Å². The van der Waals surface area contributed by atoms with Crippen LogP contribution in [0.4, 0.5) is 0 Å². The molecule has 2 atom stereocenters. The van der Waals surface area contributed by atoms with E-state index >= 15 is 0 Å². The molecule has 3 aliphatic rings. The van der Waals surface area contributed by atoms with Gasteiger partial charge < -0.3 is 29.6 Å². The molecule has 0 radical (unpaired) electrons. The maximum Gasteiger partial charge on any atom is 0.258 e. The maximum atomic E-state index is 13.6. The van der Waals surface area contributed by atoms with Gasteiger partial charge in [-0.1, -0.05) is 18.2 Å². The van der Waals surface area contributed by atoms with Gasteiger partial charge in [0.25, 0.3) is 11.8 Å². The molecule has 2 amide bonds. The second-order valence-corrected chi connectivity index (χ2v) is 11.3. The molecular formula is C34H37N5O6. The Morgan fingerprint density at radius 2 is 1.78 bits per heavy atom. The average Bonchev–Trinajstić information content (AvgIpc) is 3.56. The Hall–Kier alpha value is -5.03. The van der Waals surface area contributed by atoms with E-state index in [0.717, 1.165) is 28.2 Å². The topological polar surface area (TPSA) is 116 Å². The van der Waals surface area contributed by atoms with Crippen LogP contribution in [0.25, 0.3) is 5.69 Å². The van der Waals surface area contributed by atoms with Crippen LogP contribution in [0.3, 0.4) is 0 Å². The number of nitrogens with zero attached hydrogens (tertiary/aromatic N) is 3. The van der Waals surface area contributed by atoms with Crippen molar-refractivity contribution in [1.82, 2.24) is 25.3 Å². The minimum atomic E-state index is -0.356. The number of hydrogen-bond donors (Lipinski definition) is 2. The fraction of sp³-hybridized carbons (Fsp3) is 0.324. The molecule has 1 saturated heterocycles. The zero-order valence-corrected chi connectivity index (χ0v) is 25.8. The van der Waals surface area contributed by atoms with E-state index in [1.807, 2.05) is 60.1 Å². The summed E-state index contributed by atoms with van der Waals surface area (Å²) in [5, 5.41) is 10.9. The van der Waals surface area contributed by atoms with Crippen molar-refractivity contribution >= 4 is 11.8 Å². The van der Waals surface area contributed by atoms with Crippen LogP contribution >= 0.6 is 0 Å². The lowest BCUT2D eigenvalue weighted by Gasteiger charge is -2.22. The van der Waals surface area contributed by atoms with Crippen molar-refractivity contribution in [2.45, 2.75) is 39.1 Å². The maximum absolute atomic E-state index is 13.6. The number of benzene rings is 3. The standard InChI is InChI=1S/C34H37N5O6/c1-21-29(22(2)39(37-21)25-8-6-5-7-9-25)17-38-18-30-32(19-38)45-26-11-10-23(31(15-26)43-4)16-35-33(40)20-44-28-13-24(34(41)36-30)12-27(14-28)42-3/h5-15,30,32H,16-20H2,1-4H3,(H,35,40)(H,36,41)/t30-,32-/m0/s1. The Morgan fingerprint density at radius 3 is 2.56 bits per heavy atom. The number of rotatable bonds is 5. The fourth-order valence-corrected chi connectivity index (χ4v) is 5.86. The summed E-state index contributed by atoms with van der Waals surface area (Å²) < 4.78 is 25.3. The molecular weight excluding hydrogens is 574 g/mol. The Kier molecular flexibility index (Phi) is 8.61. The highest BCUT2D eigenvalue weighted by Gasteiger charge is 2.37. The third-order valence-electron chi connectivity index (χ3n) is 8.25. The Balaban J connectivity index is 1.31. The third-order valence-corrected chi connectivity index (χ3v) is 8.25. The van der Waals surface area contributed by atoms with Crippen molar-refractivity contribution in [1.29, 1.82) is 0 Å². The summed E-state index contributed by atoms with van der Waals surface area (Å²) in [5.74, 6) is 1.37. The van der Waals surface area contributed by atoms with Crippen molar-refractivity contribution in [3.05, 3.63) is 94.8 Å². The van der Waals surface area contributed by atoms with Crippen molar-refractivity contribution in [3.63, 3.8) is 0 Å². The third kappa shape index (κ3) is 6.58. The van der Waals surface area contributed by atoms with Crippen LogP contribution in [0, 0.1) is 13.8 Å². The predicted octanol–water partition coefficient (Wildman–Crippen LogP) is 3.58. The zero-order chi connectivity index (χ0) is 31.5. The van der Waals surface area contributed by atoms with Gasteiger partial charge in [0.05, 0.1) is 31.6 Å². The highest BCUT2D eigenvalue weighted by atomic mass is 16.5. The van der Waals surface area contributed by atoms with Crippen LogP contribution in [0.2, 0.25) is 0 Å². The van der Waals surface area contributed by atoms with Crippen molar-refractivity contribution in [2.24, 2.45) is 0 Å². The molecule has 2 N–H and O–H groups in total. The largest absolute Gasteiger partial charge is 0.497 e. The number of fused-ring (bicyclic) bond motifs is 7. The lowest BCUT2D eigenvalue weighted by molar-refractivity contribution is -0.123. The molecule has 4 heterocycles. The summed E-state index contributed by atoms with van der Waals surface area (Å²) in [6.07, 6.45) is -0.356. The minimum Gasteiger partial charge on any atom is -0.497 e. The number of aryl methyl sites for hydroxylation is 1. The molecule has 234 valence electrons. The van der Waals surface area contributed by atoms with Crippen LogP contribution in [-0.2, 0) is 17.9 Å². The van der Waals surface area contributed by atoms with Gasteiger partial charge in [0.2, 0.25) is 0 Å². The van der Waals surface area contributed by atoms with Gasteiger partial charge in [-0.25, -0.2) is 4.68 Å². The van der Waals surface area contributed by atoms with Gasteiger partial charge >= 0.3 is 0 Å². The molecule has 1 aromatic heterocycles. The van der Waals surface area contributed by atoms with Gasteiger partial charge in [0.1, 0.15) is 29.1 Å². The van der Waals surface area contributed by atoms with E-state index in [-0.39, 0.29) is 37.1 Å². The predicted molar refractivity (Wildman–Crippen MR) is 167 cm³/mol. The second kappa shape index (κ2) is 12.9. The van der Waals surface area contributed by atoms with Gasteiger partial charge in [0.15, 0.2) is 6.61 Å². The number of nitrogens with one attached hydrogen (secondary N) is 2. The summed E-state index contributed by atoms with van der Waals surface area (Å²) in [5.41, 5.74) is 5.33. The Morgan fingerprint density at radius 1 is 0.956 bits per heavy atom. The minimum absolute atomic E-state index is 0.225. The molecule has 11 nitrogen and oxygen atoms in total. The average molecular weight is 612 g/mol. The van der Waals surface area contributed by atoms with Gasteiger partial charge in [-0.15, -0.1) is 0 Å². The highest BCUT2D eigenvalue weighted by Crippen LogP contribution is 2.29. The zero-order valence-electron chi connectivity index (χ0n) is 25.8. The summed E-state index contributed by atoms with van der Waals surface area (Å²) in [6, 6.07) is 20.2. The molecule has 4 bridgehead atoms. The number of methoxy groups -OCH3 is 2. The summed E-state index contributed by atoms with van der Waals surface area (Å²) in [4.78, 5) is 28.5. The molecule has 0 unspecified atom stereocenters. The quantitative estimate of drug-likeness (QED) is 0.352. The first-order valence-corrected chi connectivity index (χ1v) is 14.9. The van der Waals surface area contributed by atoms with Crippen molar-refractivity contribution in [2.75, 3.05) is 33.9 Å². The van der Waals surface area contributed by atoms with E-state index in [4.69, 9.17) is 24.0 Å². The van der Waals surface area contributed by atoms with E-state index in [1.54, 1.807) is 25.3 Å². The molecule has 11 heteroatoms. The van der Waals surface area contributed by atoms with Gasteiger partial charge in [-0.05, 0) is 50.2 Å². The molecule has 45 heavy (non-hydrogen) atoms. The number of hydrogen-bond acceptors (Lipinski definition) is 8. The number of para-hydroxylation sites is 1. The fourth-order valence-electron chi connectivity index (χ4n) is 5.86. The van der Waals surface area contributed by atoms with Crippen molar-refractivity contribution < 1.29 is 28.5 Å². The van der Waals surface area contributed by atoms with Crippen LogP contribution in [-0.4, -0.2) is 72.6 Å². The molecule has 3 aromatic carbocycles. The van der Waals surface area contributed by atoms with Crippen LogP contribution in [0.15, 0.2) is 66.7 Å². The first kappa shape index (κ1) is 30.0. The number of aromatic nitrogens is 2. The van der Waals surface area contributed by atoms with Crippen LogP contribution in [0.5, 0.6) is 23.0 Å². The number of amides is 2. The van der Waals surface area contributed by atoms with E-state index in [2.05, 4.69) is 22.5 Å². The normalized spacial score (nSPS) is 18.7. The number of carbonyl (C=O) groups excluding carboxylic acids is 2. The molecule has 0 saturated carbocycles. The Bertz CT molecular complexity index is 1700. The van der Waals surface area contributed by atoms with E-state index in [1.165, 1.54) is 7.11 Å². The molecule has 0 spiro atoms. The lowest BCUT2D eigenvalue weighted by Crippen LogP contribution is -2.45. The molecule has 7 rings (SSSR count). The van der Waals surface area contributed by atoms with E-state index in [0.29, 0.717) is 48.2 Å². The number of likely N-dealkylation sites (tertiary alicyclic amines) is 1. The summed E-state index contributed by atoms with van der Waals surface area (Å²) in [7, 11) is 3.10. The van der Waals surface area contributed by atoms with Gasteiger partial charge in [-0.2, -0.15) is 5.10 Å². The molecule has 1 fully saturated rings. The SMILES string of the molecule is COc1cc2cc(c1)C(=O)N[C@H]1CN(Cc3c(C)nn(-c4ccccc4)c3C)C[C@@H]1Oc1ccc(c(OC)c1)CNC(=O)CO2. The van der Waals surface area contributed by atoms with Gasteiger partial charge in [0, 0.05) is 60.7 Å². The monoisotopic (exact) mass is 611 g/mol. The molecule has 4 aromatic rings. The second-order valence-electron chi connectivity index (χ2n) is 11.3. The van der Waals surface area contributed by atoms with E-state index in [9.17, 15) is 9.59 Å². The molecule has 0 aliphatic carbocycles. The number of ether oxygens (including phenoxy) is 4. The first-order chi connectivity index (χ1) is 21.8. The first-order valence-electron chi connectivity index (χ1n) is 14.9. The van der Waals surface area contributed by atoms with Crippen LogP contribution in [0.1, 0.15) is 32.9 Å². The Labute approximate surface area is 262 Å². The highest BCUT2D eigenvalue weighted by molar-refractivity contribution is 5.95. The lowest BCUT2D eigenvalue weighted by atomic mass is 10.1. The summed E-state index contributed by atoms with van der Waals surface area (Å²) in [6.45, 7) is 5.93. The summed E-state index contributed by atoms with van der Waals surface area (Å²) >= 11 is 0. The molecule has 3 aliphatic heterocycles. The van der Waals surface area contributed by atoms with E-state index < -0.39 is 0 Å². The smallest absolute Gasteiger partial charge is 0.258 e. The van der Waals surface area contributed by atoms with Gasteiger partial charge in [-0.3, -0.25) is 14.5 Å².